The topological polar surface area (TPSA) is 44.1 Å². The SMILES string of the molecule is CC(=O)c1sccc1OCc1nc2cc(Cl)ccc2n1C. The second kappa shape index (κ2) is 5.50. The number of hydrogen-bond acceptors (Lipinski definition) is 4. The number of ketones is 1. The monoisotopic (exact) mass is 320 g/mol. The smallest absolute Gasteiger partial charge is 0.173 e. The maximum atomic E-state index is 11.5. The van der Waals surface area contributed by atoms with Gasteiger partial charge in [-0.25, -0.2) is 4.98 Å². The fourth-order valence-corrected chi connectivity index (χ4v) is 3.07. The molecule has 2 aromatic heterocycles. The minimum atomic E-state index is 0.0109. The number of carbonyl (C=O) groups is 1. The van der Waals surface area contributed by atoms with Crippen LogP contribution < -0.4 is 4.74 Å². The number of aromatic nitrogens is 2. The number of Topliss-reactive ketones (excluding diaryl/α,β-unsaturated/α-hetero) is 1. The van der Waals surface area contributed by atoms with Crippen LogP contribution in [0.1, 0.15) is 22.4 Å². The molecule has 21 heavy (non-hydrogen) atoms. The minimum absolute atomic E-state index is 0.0109. The maximum Gasteiger partial charge on any atom is 0.173 e. The summed E-state index contributed by atoms with van der Waals surface area (Å²) in [5.74, 6) is 1.40. The van der Waals surface area contributed by atoms with Gasteiger partial charge in [0.2, 0.25) is 0 Å². The Morgan fingerprint density at radius 1 is 1.43 bits per heavy atom. The van der Waals surface area contributed by atoms with E-state index >= 15 is 0 Å². The number of nitrogens with zero attached hydrogens (tertiary/aromatic N) is 2. The van der Waals surface area contributed by atoms with E-state index in [0.717, 1.165) is 16.9 Å². The zero-order valence-electron chi connectivity index (χ0n) is 11.6. The van der Waals surface area contributed by atoms with Crippen molar-refractivity contribution >= 4 is 39.8 Å². The molecule has 2 heterocycles. The molecule has 0 aliphatic carbocycles. The van der Waals surface area contributed by atoms with Crippen LogP contribution in [0.15, 0.2) is 29.6 Å². The Kier molecular flexibility index (Phi) is 3.69. The van der Waals surface area contributed by atoms with Crippen LogP contribution in [0.4, 0.5) is 0 Å². The Labute approximate surface area is 130 Å². The van der Waals surface area contributed by atoms with Crippen molar-refractivity contribution < 1.29 is 9.53 Å². The number of fused-ring (bicyclic) bond motifs is 1. The van der Waals surface area contributed by atoms with Gasteiger partial charge in [0.15, 0.2) is 5.78 Å². The molecule has 0 unspecified atom stereocenters. The van der Waals surface area contributed by atoms with Crippen LogP contribution in [-0.4, -0.2) is 15.3 Å². The van der Waals surface area contributed by atoms with Crippen LogP contribution in [0.2, 0.25) is 5.02 Å². The number of thiophene rings is 1. The normalized spacial score (nSPS) is 11.0. The van der Waals surface area contributed by atoms with Gasteiger partial charge in [0.1, 0.15) is 23.1 Å². The van der Waals surface area contributed by atoms with Crippen molar-refractivity contribution in [1.82, 2.24) is 9.55 Å². The van der Waals surface area contributed by atoms with Gasteiger partial charge in [-0.2, -0.15) is 0 Å². The van der Waals surface area contributed by atoms with Crippen molar-refractivity contribution in [2.75, 3.05) is 0 Å². The summed E-state index contributed by atoms with van der Waals surface area (Å²) in [5.41, 5.74) is 1.83. The third-order valence-corrected chi connectivity index (χ3v) is 4.47. The standard InChI is InChI=1S/C15H13ClN2O2S/c1-9(19)15-13(5-6-21-15)20-8-14-17-11-7-10(16)3-4-12(11)18(14)2/h3-7H,8H2,1-2H3. The molecule has 3 rings (SSSR count). The van der Waals surface area contributed by atoms with E-state index in [2.05, 4.69) is 4.98 Å². The van der Waals surface area contributed by atoms with Gasteiger partial charge in [0.25, 0.3) is 0 Å². The van der Waals surface area contributed by atoms with Crippen molar-refractivity contribution in [3.63, 3.8) is 0 Å². The lowest BCUT2D eigenvalue weighted by Crippen LogP contribution is -2.04. The van der Waals surface area contributed by atoms with E-state index < -0.39 is 0 Å². The highest BCUT2D eigenvalue weighted by Crippen LogP contribution is 2.26. The van der Waals surface area contributed by atoms with Crippen LogP contribution in [0.3, 0.4) is 0 Å². The Hall–Kier alpha value is -1.85. The maximum absolute atomic E-state index is 11.5. The number of ether oxygens (including phenoxy) is 1. The van der Waals surface area contributed by atoms with E-state index in [0.29, 0.717) is 22.3 Å². The first-order chi connectivity index (χ1) is 10.1. The molecule has 0 fully saturated rings. The summed E-state index contributed by atoms with van der Waals surface area (Å²) in [4.78, 5) is 16.6. The predicted octanol–water partition coefficient (Wildman–Crippen LogP) is 4.07. The van der Waals surface area contributed by atoms with Gasteiger partial charge in [0.05, 0.1) is 11.0 Å². The minimum Gasteiger partial charge on any atom is -0.484 e. The van der Waals surface area contributed by atoms with Crippen LogP contribution in [-0.2, 0) is 13.7 Å². The van der Waals surface area contributed by atoms with E-state index in [1.54, 1.807) is 6.07 Å². The average Bonchev–Trinajstić information content (AvgIpc) is 3.01. The number of aryl methyl sites for hydroxylation is 1. The first kappa shape index (κ1) is 14.1. The van der Waals surface area contributed by atoms with Gasteiger partial charge < -0.3 is 9.30 Å². The van der Waals surface area contributed by atoms with Crippen molar-refractivity contribution in [2.45, 2.75) is 13.5 Å². The number of hydrogen-bond donors (Lipinski definition) is 0. The average molecular weight is 321 g/mol. The van der Waals surface area contributed by atoms with E-state index in [1.807, 2.05) is 35.2 Å². The quantitative estimate of drug-likeness (QED) is 0.681. The molecule has 108 valence electrons. The lowest BCUT2D eigenvalue weighted by atomic mass is 10.3. The van der Waals surface area contributed by atoms with Crippen molar-refractivity contribution in [3.8, 4) is 5.75 Å². The molecule has 0 atom stereocenters. The first-order valence-corrected chi connectivity index (χ1v) is 7.64. The highest BCUT2D eigenvalue weighted by atomic mass is 35.5. The predicted molar refractivity (Wildman–Crippen MR) is 84.4 cm³/mol. The Bertz CT molecular complexity index is 822. The molecular weight excluding hydrogens is 308 g/mol. The lowest BCUT2D eigenvalue weighted by molar-refractivity contribution is 0.101. The number of imidazole rings is 1. The molecule has 0 N–H and O–H groups in total. The van der Waals surface area contributed by atoms with Gasteiger partial charge in [0, 0.05) is 19.0 Å². The summed E-state index contributed by atoms with van der Waals surface area (Å²) < 4.78 is 7.70. The summed E-state index contributed by atoms with van der Waals surface area (Å²) >= 11 is 7.36. The zero-order chi connectivity index (χ0) is 15.0. The van der Waals surface area contributed by atoms with E-state index in [-0.39, 0.29) is 5.78 Å². The third kappa shape index (κ3) is 2.66. The first-order valence-electron chi connectivity index (χ1n) is 6.38. The van der Waals surface area contributed by atoms with E-state index in [9.17, 15) is 4.79 Å². The van der Waals surface area contributed by atoms with Crippen LogP contribution in [0.5, 0.6) is 5.75 Å². The largest absolute Gasteiger partial charge is 0.484 e. The van der Waals surface area contributed by atoms with Gasteiger partial charge in [-0.15, -0.1) is 11.3 Å². The fourth-order valence-electron chi connectivity index (χ4n) is 2.16. The molecule has 6 heteroatoms. The molecule has 0 saturated carbocycles. The molecule has 4 nitrogen and oxygen atoms in total. The lowest BCUT2D eigenvalue weighted by Gasteiger charge is -2.06. The highest BCUT2D eigenvalue weighted by Gasteiger charge is 2.13. The molecule has 0 aliphatic heterocycles. The Morgan fingerprint density at radius 2 is 2.24 bits per heavy atom. The number of carbonyl (C=O) groups excluding carboxylic acids is 1. The van der Waals surface area contributed by atoms with Crippen LogP contribution in [0.25, 0.3) is 11.0 Å². The number of benzene rings is 1. The summed E-state index contributed by atoms with van der Waals surface area (Å²) in [5, 5.41) is 2.51. The van der Waals surface area contributed by atoms with Gasteiger partial charge in [-0.1, -0.05) is 11.6 Å². The molecule has 0 radical (unpaired) electrons. The fraction of sp³-hybridized carbons (Fsp3) is 0.200. The van der Waals surface area contributed by atoms with Crippen molar-refractivity contribution in [3.05, 3.63) is 45.4 Å². The van der Waals surface area contributed by atoms with Gasteiger partial charge in [-0.3, -0.25) is 4.79 Å². The zero-order valence-corrected chi connectivity index (χ0v) is 13.2. The van der Waals surface area contributed by atoms with Crippen molar-refractivity contribution in [2.24, 2.45) is 7.05 Å². The van der Waals surface area contributed by atoms with Crippen molar-refractivity contribution in [1.29, 1.82) is 0 Å². The molecule has 3 aromatic rings. The molecule has 0 aliphatic rings. The number of halogens is 1. The van der Waals surface area contributed by atoms with Crippen LogP contribution >= 0.6 is 22.9 Å². The molecular formula is C15H13ClN2O2S. The second-order valence-corrected chi connectivity index (χ2v) is 6.03. The molecule has 0 bridgehead atoms. The second-order valence-electron chi connectivity index (χ2n) is 4.68. The summed E-state index contributed by atoms with van der Waals surface area (Å²) in [6, 6.07) is 7.40. The third-order valence-electron chi connectivity index (χ3n) is 3.24. The number of rotatable bonds is 4. The Morgan fingerprint density at radius 3 is 3.00 bits per heavy atom. The van der Waals surface area contributed by atoms with Gasteiger partial charge in [-0.05, 0) is 29.6 Å². The molecule has 1 aromatic carbocycles. The molecule has 0 amide bonds. The summed E-state index contributed by atoms with van der Waals surface area (Å²) in [6.45, 7) is 1.84. The summed E-state index contributed by atoms with van der Waals surface area (Å²) in [7, 11) is 1.93. The molecule has 0 spiro atoms. The van der Waals surface area contributed by atoms with Crippen LogP contribution in [0, 0.1) is 0 Å². The Balaban J connectivity index is 1.87. The van der Waals surface area contributed by atoms with E-state index in [4.69, 9.17) is 16.3 Å². The van der Waals surface area contributed by atoms with Gasteiger partial charge >= 0.3 is 0 Å². The summed E-state index contributed by atoms with van der Waals surface area (Å²) in [6.07, 6.45) is 0. The molecule has 0 saturated heterocycles. The van der Waals surface area contributed by atoms with E-state index in [1.165, 1.54) is 18.3 Å². The highest BCUT2D eigenvalue weighted by molar-refractivity contribution is 7.12.